The van der Waals surface area contributed by atoms with Gasteiger partial charge < -0.3 is 20.9 Å². The fourth-order valence-corrected chi connectivity index (χ4v) is 1.60. The minimum absolute atomic E-state index is 0.0291. The van der Waals surface area contributed by atoms with Gasteiger partial charge in [0, 0.05) is 19.4 Å². The van der Waals surface area contributed by atoms with E-state index in [2.05, 4.69) is 10.6 Å². The summed E-state index contributed by atoms with van der Waals surface area (Å²) in [6, 6.07) is -1.63. The Balaban J connectivity index is 3.64. The minimum Gasteiger partial charge on any atom is -0.480 e. The van der Waals surface area contributed by atoms with E-state index in [1.54, 1.807) is 0 Å². The molecule has 0 radical (unpaired) electrons. The predicted octanol–water partition coefficient (Wildman–Crippen LogP) is -1.40. The third-order valence-electron chi connectivity index (χ3n) is 1.69. The van der Waals surface area contributed by atoms with E-state index in [1.165, 1.54) is 7.11 Å². The van der Waals surface area contributed by atoms with Gasteiger partial charge in [-0.3, -0.25) is 14.9 Å². The first-order valence-corrected chi connectivity index (χ1v) is 6.25. The maximum Gasteiger partial charge on any atom is 0.321 e. The van der Waals surface area contributed by atoms with Crippen molar-refractivity contribution in [1.82, 2.24) is 10.6 Å². The van der Waals surface area contributed by atoms with E-state index in [9.17, 15) is 14.4 Å². The number of thioether (sulfide) groups is 1. The molecule has 5 N–H and O–H groups in total. The zero-order chi connectivity index (χ0) is 14.0. The Morgan fingerprint density at radius 2 is 2.11 bits per heavy atom. The molecule has 0 fully saturated rings. The van der Waals surface area contributed by atoms with Crippen molar-refractivity contribution in [2.24, 2.45) is 5.73 Å². The van der Waals surface area contributed by atoms with Crippen LogP contribution in [-0.4, -0.2) is 60.8 Å². The smallest absolute Gasteiger partial charge is 0.321 e. The molecular formula is C9H17N3O5S. The molecule has 0 heterocycles. The van der Waals surface area contributed by atoms with Crippen molar-refractivity contribution in [3.63, 3.8) is 0 Å². The monoisotopic (exact) mass is 279 g/mol. The molecule has 0 spiro atoms. The van der Waals surface area contributed by atoms with Crippen LogP contribution in [0.25, 0.3) is 0 Å². The molecule has 0 rings (SSSR count). The summed E-state index contributed by atoms with van der Waals surface area (Å²) in [5.74, 6) is -1.56. The number of methoxy groups -OCH3 is 1. The van der Waals surface area contributed by atoms with E-state index in [-0.39, 0.29) is 11.5 Å². The minimum atomic E-state index is -1.12. The van der Waals surface area contributed by atoms with Crippen molar-refractivity contribution in [3.8, 4) is 0 Å². The number of nitrogens with one attached hydrogen (secondary N) is 2. The van der Waals surface area contributed by atoms with Crippen molar-refractivity contribution in [1.29, 1.82) is 0 Å². The summed E-state index contributed by atoms with van der Waals surface area (Å²) in [7, 11) is 1.49. The molecule has 18 heavy (non-hydrogen) atoms. The van der Waals surface area contributed by atoms with Crippen molar-refractivity contribution in [2.45, 2.75) is 6.04 Å². The molecule has 0 aromatic rings. The molecule has 1 atom stereocenters. The lowest BCUT2D eigenvalue weighted by Gasteiger charge is -2.07. The lowest BCUT2D eigenvalue weighted by molar-refractivity contribution is -0.138. The quantitative estimate of drug-likeness (QED) is 0.402. The van der Waals surface area contributed by atoms with E-state index in [1.807, 2.05) is 0 Å². The van der Waals surface area contributed by atoms with Gasteiger partial charge in [-0.2, -0.15) is 0 Å². The summed E-state index contributed by atoms with van der Waals surface area (Å²) in [6.45, 7) is 0.649. The van der Waals surface area contributed by atoms with Crippen molar-refractivity contribution in [2.75, 3.05) is 31.8 Å². The van der Waals surface area contributed by atoms with Gasteiger partial charge in [0.05, 0.1) is 12.4 Å². The molecule has 0 bridgehead atoms. The van der Waals surface area contributed by atoms with Gasteiger partial charge in [0.1, 0.15) is 6.04 Å². The van der Waals surface area contributed by atoms with Crippen molar-refractivity contribution in [3.05, 3.63) is 0 Å². The summed E-state index contributed by atoms with van der Waals surface area (Å²) >= 11 is 1.05. The molecule has 0 saturated carbocycles. The highest BCUT2D eigenvalue weighted by molar-refractivity contribution is 8.00. The molecule has 0 aromatic heterocycles. The molecule has 8 nitrogen and oxygen atoms in total. The molecule has 0 aromatic carbocycles. The van der Waals surface area contributed by atoms with Crippen LogP contribution >= 0.6 is 11.8 Å². The van der Waals surface area contributed by atoms with Gasteiger partial charge in [-0.25, -0.2) is 4.79 Å². The number of carbonyl (C=O) groups is 3. The molecule has 3 amide bonds. The van der Waals surface area contributed by atoms with Gasteiger partial charge in [-0.1, -0.05) is 0 Å². The summed E-state index contributed by atoms with van der Waals surface area (Å²) in [5, 5.41) is 13.0. The third kappa shape index (κ3) is 8.79. The first-order chi connectivity index (χ1) is 8.47. The number of rotatable bonds is 8. The summed E-state index contributed by atoms with van der Waals surface area (Å²) < 4.78 is 4.71. The second-order valence-electron chi connectivity index (χ2n) is 3.26. The Bertz CT molecular complexity index is 300. The zero-order valence-corrected chi connectivity index (χ0v) is 10.8. The largest absolute Gasteiger partial charge is 0.480 e. The number of carboxylic acids is 1. The SMILES string of the molecule is COCCNC(=O)NC(=O)CSC[C@H](N)C(=O)O. The average molecular weight is 279 g/mol. The van der Waals surface area contributed by atoms with Crippen LogP contribution in [0.5, 0.6) is 0 Å². The second kappa shape index (κ2) is 9.68. The molecule has 0 unspecified atom stereocenters. The van der Waals surface area contributed by atoms with Crippen LogP contribution in [0.15, 0.2) is 0 Å². The number of nitrogens with two attached hydrogens (primary N) is 1. The summed E-state index contributed by atoms with van der Waals surface area (Å²) in [6.07, 6.45) is 0. The van der Waals surface area contributed by atoms with Gasteiger partial charge in [0.15, 0.2) is 0 Å². The van der Waals surface area contributed by atoms with E-state index in [0.717, 1.165) is 11.8 Å². The highest BCUT2D eigenvalue weighted by Gasteiger charge is 2.13. The van der Waals surface area contributed by atoms with Gasteiger partial charge in [-0.05, 0) is 0 Å². The van der Waals surface area contributed by atoms with E-state index in [0.29, 0.717) is 13.2 Å². The average Bonchev–Trinajstić information content (AvgIpc) is 2.28. The molecule has 0 aliphatic heterocycles. The number of carbonyl (C=O) groups excluding carboxylic acids is 2. The molecular weight excluding hydrogens is 262 g/mol. The van der Waals surface area contributed by atoms with Crippen LogP contribution in [0.3, 0.4) is 0 Å². The maximum atomic E-state index is 11.2. The fourth-order valence-electron chi connectivity index (χ4n) is 0.823. The molecule has 9 heteroatoms. The van der Waals surface area contributed by atoms with Crippen molar-refractivity contribution < 1.29 is 24.2 Å². The highest BCUT2D eigenvalue weighted by atomic mass is 32.2. The van der Waals surface area contributed by atoms with E-state index < -0.39 is 23.9 Å². The Morgan fingerprint density at radius 3 is 2.67 bits per heavy atom. The molecule has 0 aliphatic carbocycles. The topological polar surface area (TPSA) is 131 Å². The normalized spacial score (nSPS) is 11.7. The summed E-state index contributed by atoms with van der Waals surface area (Å²) in [5.41, 5.74) is 5.24. The fraction of sp³-hybridized carbons (Fsp3) is 0.667. The molecule has 104 valence electrons. The summed E-state index contributed by atoms with van der Waals surface area (Å²) in [4.78, 5) is 32.7. The molecule has 0 saturated heterocycles. The van der Waals surface area contributed by atoms with Crippen LogP contribution < -0.4 is 16.4 Å². The van der Waals surface area contributed by atoms with Gasteiger partial charge in [-0.15, -0.1) is 11.8 Å². The van der Waals surface area contributed by atoms with Crippen molar-refractivity contribution >= 4 is 29.7 Å². The Labute approximate surface area is 109 Å². The Kier molecular flexibility index (Phi) is 8.97. The number of imide groups is 1. The number of aliphatic carboxylic acids is 1. The third-order valence-corrected chi connectivity index (χ3v) is 2.75. The number of hydrogen-bond acceptors (Lipinski definition) is 6. The number of ether oxygens (including phenoxy) is 1. The van der Waals surface area contributed by atoms with Crippen LogP contribution in [0, 0.1) is 0 Å². The van der Waals surface area contributed by atoms with Gasteiger partial charge >= 0.3 is 12.0 Å². The lowest BCUT2D eigenvalue weighted by Crippen LogP contribution is -2.41. The van der Waals surface area contributed by atoms with Crippen LogP contribution in [0.4, 0.5) is 4.79 Å². The highest BCUT2D eigenvalue weighted by Crippen LogP contribution is 2.01. The Morgan fingerprint density at radius 1 is 1.44 bits per heavy atom. The number of hydrogen-bond donors (Lipinski definition) is 4. The van der Waals surface area contributed by atoms with Crippen LogP contribution in [0.2, 0.25) is 0 Å². The number of carboxylic acid groups (broad SMARTS) is 1. The van der Waals surface area contributed by atoms with Crippen LogP contribution in [-0.2, 0) is 14.3 Å². The standard InChI is InChI=1S/C9H17N3O5S/c1-17-3-2-11-9(16)12-7(13)5-18-4-6(10)8(14)15/h6H,2-5,10H2,1H3,(H,14,15)(H2,11,12,13,16)/t6-/m0/s1. The predicted molar refractivity (Wildman–Crippen MR) is 66.4 cm³/mol. The first kappa shape index (κ1) is 16.7. The van der Waals surface area contributed by atoms with Gasteiger partial charge in [0.25, 0.3) is 0 Å². The first-order valence-electron chi connectivity index (χ1n) is 5.10. The van der Waals surface area contributed by atoms with Gasteiger partial charge in [0.2, 0.25) is 5.91 Å². The zero-order valence-electron chi connectivity index (χ0n) is 9.97. The van der Waals surface area contributed by atoms with Crippen LogP contribution in [0.1, 0.15) is 0 Å². The second-order valence-corrected chi connectivity index (χ2v) is 4.29. The number of amides is 3. The lowest BCUT2D eigenvalue weighted by atomic mass is 10.4. The number of urea groups is 1. The molecule has 0 aliphatic rings. The van der Waals surface area contributed by atoms with E-state index >= 15 is 0 Å². The van der Waals surface area contributed by atoms with E-state index in [4.69, 9.17) is 15.6 Å². The maximum absolute atomic E-state index is 11.2. The Hall–Kier alpha value is -1.32.